The molecule has 1 atom stereocenters. The van der Waals surface area contributed by atoms with E-state index in [1.807, 2.05) is 44.3 Å². The first kappa shape index (κ1) is 24.5. The minimum absolute atomic E-state index is 0.302. The highest BCUT2D eigenvalue weighted by Crippen LogP contribution is 2.25. The number of rotatable bonds is 12. The highest BCUT2D eigenvalue weighted by molar-refractivity contribution is 7.92. The number of anilines is 2. The second kappa shape index (κ2) is 11.6. The predicted molar refractivity (Wildman–Crippen MR) is 126 cm³/mol. The van der Waals surface area contributed by atoms with Crippen LogP contribution < -0.4 is 19.3 Å². The number of nitrogens with one attached hydrogen (secondary N) is 1. The van der Waals surface area contributed by atoms with Gasteiger partial charge in [-0.15, -0.1) is 0 Å². The van der Waals surface area contributed by atoms with Crippen molar-refractivity contribution in [1.29, 1.82) is 0 Å². The molecule has 2 rings (SSSR count). The van der Waals surface area contributed by atoms with Crippen LogP contribution in [0.5, 0.6) is 5.75 Å². The van der Waals surface area contributed by atoms with Crippen molar-refractivity contribution in [3.8, 4) is 5.75 Å². The van der Waals surface area contributed by atoms with Gasteiger partial charge in [0.25, 0.3) is 0 Å². The summed E-state index contributed by atoms with van der Waals surface area (Å²) in [7, 11) is -1.65. The van der Waals surface area contributed by atoms with Gasteiger partial charge in [0.2, 0.25) is 15.9 Å². The van der Waals surface area contributed by atoms with E-state index in [4.69, 9.17) is 4.74 Å². The van der Waals surface area contributed by atoms with Crippen LogP contribution >= 0.6 is 0 Å². The lowest BCUT2D eigenvalue weighted by atomic mass is 10.2. The lowest BCUT2D eigenvalue weighted by Gasteiger charge is -2.30. The molecule has 0 aromatic heterocycles. The summed E-state index contributed by atoms with van der Waals surface area (Å²) >= 11 is 0. The zero-order valence-electron chi connectivity index (χ0n) is 18.7. The zero-order valence-corrected chi connectivity index (χ0v) is 19.6. The summed E-state index contributed by atoms with van der Waals surface area (Å²) in [6.07, 6.45) is 2.22. The summed E-state index contributed by atoms with van der Waals surface area (Å²) in [6.45, 7) is 5.45. The van der Waals surface area contributed by atoms with Gasteiger partial charge in [-0.05, 0) is 56.2 Å². The second-order valence-corrected chi connectivity index (χ2v) is 9.17. The number of ether oxygens (including phenoxy) is 1. The van der Waals surface area contributed by atoms with Crippen molar-refractivity contribution in [3.63, 3.8) is 0 Å². The molecule has 1 amide bonds. The first-order chi connectivity index (χ1) is 14.8. The highest BCUT2D eigenvalue weighted by Gasteiger charge is 2.31. The Morgan fingerprint density at radius 2 is 1.68 bits per heavy atom. The van der Waals surface area contributed by atoms with Gasteiger partial charge in [-0.2, -0.15) is 0 Å². The first-order valence-corrected chi connectivity index (χ1v) is 12.4. The summed E-state index contributed by atoms with van der Waals surface area (Å²) in [6, 6.07) is 15.9. The number of carbonyl (C=O) groups is 1. The summed E-state index contributed by atoms with van der Waals surface area (Å²) in [5.41, 5.74) is 1.55. The molecule has 31 heavy (non-hydrogen) atoms. The zero-order chi connectivity index (χ0) is 22.9. The molecular weight excluding hydrogens is 414 g/mol. The van der Waals surface area contributed by atoms with Gasteiger partial charge in [-0.1, -0.05) is 25.1 Å². The smallest absolute Gasteiger partial charge is 0.243 e. The Balaban J connectivity index is 2.01. The van der Waals surface area contributed by atoms with Gasteiger partial charge in [0.05, 0.1) is 18.6 Å². The van der Waals surface area contributed by atoms with E-state index in [9.17, 15) is 13.2 Å². The number of hydrogen-bond acceptors (Lipinski definition) is 5. The van der Waals surface area contributed by atoms with Crippen LogP contribution in [0.2, 0.25) is 0 Å². The van der Waals surface area contributed by atoms with E-state index < -0.39 is 16.1 Å². The van der Waals surface area contributed by atoms with E-state index >= 15 is 0 Å². The Labute approximate surface area is 186 Å². The number of para-hydroxylation sites is 1. The second-order valence-electron chi connectivity index (χ2n) is 7.31. The standard InChI is InChI=1S/C23H33N3O4S/c1-5-22(23(27)24-17-10-18-25(3)19-11-8-7-9-12-19)26(31(4,28)29)20-13-15-21(16-14-20)30-6-2/h7-9,11-16,22H,5-6,10,17-18H2,1-4H3,(H,24,27). The Bertz CT molecular complexity index is 918. The molecule has 2 aromatic rings. The molecule has 0 aliphatic carbocycles. The van der Waals surface area contributed by atoms with E-state index in [0.29, 0.717) is 31.0 Å². The fourth-order valence-electron chi connectivity index (χ4n) is 3.37. The number of benzene rings is 2. The number of sulfonamides is 1. The average Bonchev–Trinajstić information content (AvgIpc) is 2.75. The molecule has 1 unspecified atom stereocenters. The van der Waals surface area contributed by atoms with Crippen molar-refractivity contribution in [2.45, 2.75) is 32.7 Å². The van der Waals surface area contributed by atoms with Gasteiger partial charge >= 0.3 is 0 Å². The van der Waals surface area contributed by atoms with Crippen molar-refractivity contribution in [2.24, 2.45) is 0 Å². The molecule has 0 saturated carbocycles. The van der Waals surface area contributed by atoms with Crippen molar-refractivity contribution < 1.29 is 17.9 Å². The number of nitrogens with zero attached hydrogens (tertiary/aromatic N) is 2. The molecule has 0 heterocycles. The largest absolute Gasteiger partial charge is 0.494 e. The molecule has 0 saturated heterocycles. The van der Waals surface area contributed by atoms with Crippen LogP contribution in [-0.4, -0.2) is 53.4 Å². The molecule has 2 aromatic carbocycles. The van der Waals surface area contributed by atoms with Crippen molar-refractivity contribution in [3.05, 3.63) is 54.6 Å². The third-order valence-corrected chi connectivity index (χ3v) is 6.08. The van der Waals surface area contributed by atoms with Crippen LogP contribution in [0.4, 0.5) is 11.4 Å². The molecule has 0 bridgehead atoms. The fraction of sp³-hybridized carbons (Fsp3) is 0.435. The summed E-state index contributed by atoms with van der Waals surface area (Å²) in [4.78, 5) is 15.0. The summed E-state index contributed by atoms with van der Waals surface area (Å²) < 4.78 is 31.7. The van der Waals surface area contributed by atoms with Crippen LogP contribution in [0.25, 0.3) is 0 Å². The molecule has 0 spiro atoms. The van der Waals surface area contributed by atoms with Crippen LogP contribution in [0, 0.1) is 0 Å². The number of amides is 1. The van der Waals surface area contributed by atoms with Gasteiger partial charge in [-0.3, -0.25) is 9.10 Å². The van der Waals surface area contributed by atoms with Crippen LogP contribution in [0.15, 0.2) is 54.6 Å². The quantitative estimate of drug-likeness (QED) is 0.505. The predicted octanol–water partition coefficient (Wildman–Crippen LogP) is 3.27. The van der Waals surface area contributed by atoms with Gasteiger partial charge in [0, 0.05) is 25.8 Å². The Morgan fingerprint density at radius 1 is 1.03 bits per heavy atom. The normalized spacial score (nSPS) is 12.1. The molecule has 0 aliphatic rings. The van der Waals surface area contributed by atoms with E-state index in [0.717, 1.165) is 24.9 Å². The summed E-state index contributed by atoms with van der Waals surface area (Å²) in [5.74, 6) is 0.351. The number of carbonyl (C=O) groups excluding carboxylic acids is 1. The van der Waals surface area contributed by atoms with Gasteiger partial charge in [0.1, 0.15) is 11.8 Å². The molecule has 0 aliphatic heterocycles. The molecule has 0 fully saturated rings. The van der Waals surface area contributed by atoms with E-state index in [1.165, 1.54) is 4.31 Å². The maximum atomic E-state index is 12.9. The van der Waals surface area contributed by atoms with Gasteiger partial charge < -0.3 is 15.0 Å². The van der Waals surface area contributed by atoms with Gasteiger partial charge in [-0.25, -0.2) is 8.42 Å². The molecule has 7 nitrogen and oxygen atoms in total. The Hall–Kier alpha value is -2.74. The van der Waals surface area contributed by atoms with Crippen LogP contribution in [0.1, 0.15) is 26.7 Å². The highest BCUT2D eigenvalue weighted by atomic mass is 32.2. The maximum absolute atomic E-state index is 12.9. The molecule has 1 N–H and O–H groups in total. The van der Waals surface area contributed by atoms with Crippen LogP contribution in [-0.2, 0) is 14.8 Å². The molecule has 8 heteroatoms. The fourth-order valence-corrected chi connectivity index (χ4v) is 4.59. The lowest BCUT2D eigenvalue weighted by molar-refractivity contribution is -0.122. The van der Waals surface area contributed by atoms with E-state index in [1.54, 1.807) is 31.2 Å². The minimum Gasteiger partial charge on any atom is -0.494 e. The Kier molecular flexibility index (Phi) is 9.18. The van der Waals surface area contributed by atoms with Crippen LogP contribution in [0.3, 0.4) is 0 Å². The lowest BCUT2D eigenvalue weighted by Crippen LogP contribution is -2.49. The minimum atomic E-state index is -3.66. The SMILES string of the molecule is CCOc1ccc(N(C(CC)C(=O)NCCCN(C)c2ccccc2)S(C)(=O)=O)cc1. The average molecular weight is 448 g/mol. The molecule has 0 radical (unpaired) electrons. The third-order valence-electron chi connectivity index (χ3n) is 4.90. The molecular formula is C23H33N3O4S. The van der Waals surface area contributed by atoms with E-state index in [-0.39, 0.29) is 5.91 Å². The van der Waals surface area contributed by atoms with Crippen molar-refractivity contribution in [1.82, 2.24) is 5.32 Å². The first-order valence-electron chi connectivity index (χ1n) is 10.5. The monoisotopic (exact) mass is 447 g/mol. The maximum Gasteiger partial charge on any atom is 0.243 e. The third kappa shape index (κ3) is 7.17. The topological polar surface area (TPSA) is 79.0 Å². The van der Waals surface area contributed by atoms with E-state index in [2.05, 4.69) is 10.2 Å². The summed E-state index contributed by atoms with van der Waals surface area (Å²) in [5, 5.41) is 2.90. The van der Waals surface area contributed by atoms with Gasteiger partial charge in [0.15, 0.2) is 0 Å². The Morgan fingerprint density at radius 3 is 2.23 bits per heavy atom. The van der Waals surface area contributed by atoms with Crippen molar-refractivity contribution in [2.75, 3.05) is 42.2 Å². The van der Waals surface area contributed by atoms with Crippen molar-refractivity contribution >= 4 is 27.3 Å². The number of hydrogen-bond donors (Lipinski definition) is 1. The molecule has 170 valence electrons.